The van der Waals surface area contributed by atoms with Crippen LogP contribution in [0.3, 0.4) is 0 Å². The minimum atomic E-state index is 0.182. The van der Waals surface area contributed by atoms with Crippen molar-refractivity contribution in [2.45, 2.75) is 50.6 Å². The second kappa shape index (κ2) is 10.9. The summed E-state index contributed by atoms with van der Waals surface area (Å²) >= 11 is 6.47. The van der Waals surface area contributed by atoms with Crippen molar-refractivity contribution in [2.24, 2.45) is 0 Å². The zero-order valence-electron chi connectivity index (χ0n) is 19.9. The van der Waals surface area contributed by atoms with E-state index >= 15 is 0 Å². The number of nitrogens with one attached hydrogen (secondary N) is 2. The standard InChI is InChI=1S/C26H33ClN6O2/c27-22-16-29-26(31-25(22)21-15-28-23-7-2-1-6-20(21)23)30-18-8-12-32(13-9-18)24(35)17-33-11-4-3-5-19(33)10-14-34/h1-2,6-7,15-16,18-19,28,34H,3-5,8-14,17H2,(H,29,30,31). The van der Waals surface area contributed by atoms with Gasteiger partial charge >= 0.3 is 0 Å². The maximum absolute atomic E-state index is 13.0. The lowest BCUT2D eigenvalue weighted by Gasteiger charge is -2.38. The van der Waals surface area contributed by atoms with Gasteiger partial charge in [0.1, 0.15) is 0 Å². The summed E-state index contributed by atoms with van der Waals surface area (Å²) in [6, 6.07) is 8.60. The fourth-order valence-electron chi connectivity index (χ4n) is 5.37. The molecule has 1 atom stereocenters. The van der Waals surface area contributed by atoms with E-state index in [1.807, 2.05) is 29.3 Å². The summed E-state index contributed by atoms with van der Waals surface area (Å²) in [7, 11) is 0. The lowest BCUT2D eigenvalue weighted by Crippen LogP contribution is -2.49. The van der Waals surface area contributed by atoms with Crippen molar-refractivity contribution in [2.75, 3.05) is 38.1 Å². The highest BCUT2D eigenvalue weighted by molar-refractivity contribution is 6.33. The number of halogens is 1. The quantitative estimate of drug-likeness (QED) is 0.458. The van der Waals surface area contributed by atoms with Gasteiger partial charge in [-0.15, -0.1) is 0 Å². The molecule has 0 radical (unpaired) electrons. The number of H-pyrrole nitrogens is 1. The van der Waals surface area contributed by atoms with E-state index in [-0.39, 0.29) is 18.6 Å². The summed E-state index contributed by atoms with van der Waals surface area (Å²) < 4.78 is 0. The topological polar surface area (TPSA) is 97.4 Å². The monoisotopic (exact) mass is 496 g/mol. The van der Waals surface area contributed by atoms with E-state index < -0.39 is 0 Å². The van der Waals surface area contributed by atoms with E-state index in [4.69, 9.17) is 16.6 Å². The number of anilines is 1. The fraction of sp³-hybridized carbons (Fsp3) is 0.500. The van der Waals surface area contributed by atoms with Gasteiger partial charge in [0.2, 0.25) is 11.9 Å². The first kappa shape index (κ1) is 24.0. The predicted molar refractivity (Wildman–Crippen MR) is 138 cm³/mol. The van der Waals surface area contributed by atoms with Crippen LogP contribution in [0.25, 0.3) is 22.2 Å². The zero-order chi connectivity index (χ0) is 24.2. The molecule has 1 amide bonds. The van der Waals surface area contributed by atoms with Crippen molar-refractivity contribution >= 4 is 34.4 Å². The van der Waals surface area contributed by atoms with Gasteiger partial charge < -0.3 is 20.3 Å². The predicted octanol–water partition coefficient (Wildman–Crippen LogP) is 3.92. The van der Waals surface area contributed by atoms with Gasteiger partial charge in [0.15, 0.2) is 0 Å². The maximum atomic E-state index is 13.0. The van der Waals surface area contributed by atoms with Crippen LogP contribution in [0, 0.1) is 0 Å². The SMILES string of the molecule is O=C(CN1CCCCC1CCO)N1CCC(Nc2ncc(Cl)c(-c3c[nH]c4ccccc34)n2)CC1. The highest BCUT2D eigenvalue weighted by Gasteiger charge is 2.28. The van der Waals surface area contributed by atoms with Crippen molar-refractivity contribution in [1.82, 2.24) is 24.8 Å². The molecule has 3 N–H and O–H groups in total. The number of aromatic nitrogens is 3. The largest absolute Gasteiger partial charge is 0.396 e. The van der Waals surface area contributed by atoms with Crippen molar-refractivity contribution in [3.8, 4) is 11.3 Å². The highest BCUT2D eigenvalue weighted by atomic mass is 35.5. The third-order valence-corrected chi connectivity index (χ3v) is 7.60. The number of carbonyl (C=O) groups is 1. The summed E-state index contributed by atoms with van der Waals surface area (Å²) in [5.41, 5.74) is 2.69. The average Bonchev–Trinajstić information content (AvgIpc) is 3.31. The molecule has 1 unspecified atom stereocenters. The number of hydrogen-bond donors (Lipinski definition) is 3. The van der Waals surface area contributed by atoms with Crippen LogP contribution in [-0.2, 0) is 4.79 Å². The molecule has 2 saturated heterocycles. The van der Waals surface area contributed by atoms with Crippen molar-refractivity contribution in [3.63, 3.8) is 0 Å². The fourth-order valence-corrected chi connectivity index (χ4v) is 5.56. The summed E-state index contributed by atoms with van der Waals surface area (Å²) in [5, 5.41) is 14.4. The van der Waals surface area contributed by atoms with Crippen molar-refractivity contribution in [1.29, 1.82) is 0 Å². The smallest absolute Gasteiger partial charge is 0.236 e. The Morgan fingerprint density at radius 1 is 1.17 bits per heavy atom. The number of likely N-dealkylation sites (tertiary alicyclic amines) is 2. The molecule has 5 rings (SSSR count). The van der Waals surface area contributed by atoms with E-state index in [0.717, 1.165) is 68.2 Å². The molecule has 0 bridgehead atoms. The van der Waals surface area contributed by atoms with Crippen molar-refractivity contribution in [3.05, 3.63) is 41.7 Å². The third kappa shape index (κ3) is 5.44. The van der Waals surface area contributed by atoms with Gasteiger partial charge in [0, 0.05) is 54.4 Å². The molecular formula is C26H33ClN6O2. The number of rotatable bonds is 7. The second-order valence-corrected chi connectivity index (χ2v) is 9.98. The summed E-state index contributed by atoms with van der Waals surface area (Å²) in [4.78, 5) is 29.6. The van der Waals surface area contributed by atoms with Gasteiger partial charge in [-0.25, -0.2) is 9.97 Å². The minimum Gasteiger partial charge on any atom is -0.396 e. The molecule has 4 heterocycles. The van der Waals surface area contributed by atoms with Gasteiger partial charge in [-0.3, -0.25) is 9.69 Å². The molecule has 2 aliphatic heterocycles. The Bertz CT molecular complexity index is 1160. The summed E-state index contributed by atoms with van der Waals surface area (Å²) in [5.74, 6) is 0.747. The van der Waals surface area contributed by atoms with Crippen LogP contribution in [0.5, 0.6) is 0 Å². The molecule has 2 aromatic heterocycles. The average molecular weight is 497 g/mol. The van der Waals surface area contributed by atoms with Gasteiger partial charge in [0.05, 0.1) is 23.5 Å². The Morgan fingerprint density at radius 3 is 2.83 bits per heavy atom. The van der Waals surface area contributed by atoms with Crippen LogP contribution >= 0.6 is 11.6 Å². The molecular weight excluding hydrogens is 464 g/mol. The molecule has 3 aromatic rings. The molecule has 2 aliphatic rings. The maximum Gasteiger partial charge on any atom is 0.236 e. The number of piperidine rings is 2. The van der Waals surface area contributed by atoms with E-state index in [0.29, 0.717) is 29.3 Å². The Morgan fingerprint density at radius 2 is 2.00 bits per heavy atom. The number of aliphatic hydroxyl groups is 1. The van der Waals surface area contributed by atoms with Crippen LogP contribution < -0.4 is 5.32 Å². The van der Waals surface area contributed by atoms with Gasteiger partial charge in [-0.2, -0.15) is 0 Å². The first-order chi connectivity index (χ1) is 17.1. The number of fused-ring (bicyclic) bond motifs is 1. The normalized spacial score (nSPS) is 19.8. The van der Waals surface area contributed by atoms with E-state index in [1.165, 1.54) is 6.42 Å². The van der Waals surface area contributed by atoms with Crippen molar-refractivity contribution < 1.29 is 9.90 Å². The Hall–Kier alpha value is -2.68. The van der Waals surface area contributed by atoms with E-state index in [9.17, 15) is 9.90 Å². The minimum absolute atomic E-state index is 0.182. The number of carbonyl (C=O) groups excluding carboxylic acids is 1. The molecule has 1 aromatic carbocycles. The van der Waals surface area contributed by atoms with E-state index in [1.54, 1.807) is 6.20 Å². The molecule has 2 fully saturated rings. The number of nitrogens with zero attached hydrogens (tertiary/aromatic N) is 4. The number of benzene rings is 1. The van der Waals surface area contributed by atoms with Crippen LogP contribution in [-0.4, -0.2) is 80.6 Å². The lowest BCUT2D eigenvalue weighted by atomic mass is 9.99. The molecule has 0 spiro atoms. The Kier molecular flexibility index (Phi) is 7.51. The van der Waals surface area contributed by atoms with E-state index in [2.05, 4.69) is 26.3 Å². The number of para-hydroxylation sites is 1. The summed E-state index contributed by atoms with van der Waals surface area (Å²) in [6.07, 6.45) is 9.40. The Balaban J connectivity index is 1.19. The summed E-state index contributed by atoms with van der Waals surface area (Å²) in [6.45, 7) is 3.02. The van der Waals surface area contributed by atoms with Crippen LogP contribution in [0.15, 0.2) is 36.7 Å². The molecule has 0 saturated carbocycles. The number of aliphatic hydroxyl groups excluding tert-OH is 1. The number of amides is 1. The number of aromatic amines is 1. The lowest BCUT2D eigenvalue weighted by molar-refractivity contribution is -0.134. The molecule has 186 valence electrons. The van der Waals surface area contributed by atoms with Gasteiger partial charge in [0.25, 0.3) is 0 Å². The van der Waals surface area contributed by atoms with Gasteiger partial charge in [-0.05, 0) is 44.7 Å². The zero-order valence-corrected chi connectivity index (χ0v) is 20.7. The van der Waals surface area contributed by atoms with Crippen LogP contribution in [0.2, 0.25) is 5.02 Å². The van der Waals surface area contributed by atoms with Gasteiger partial charge in [-0.1, -0.05) is 36.2 Å². The first-order valence-corrected chi connectivity index (χ1v) is 13.0. The first-order valence-electron chi connectivity index (χ1n) is 12.6. The molecule has 0 aliphatic carbocycles. The number of hydrogen-bond acceptors (Lipinski definition) is 6. The second-order valence-electron chi connectivity index (χ2n) is 9.57. The third-order valence-electron chi connectivity index (χ3n) is 7.32. The van der Waals surface area contributed by atoms with Crippen LogP contribution in [0.4, 0.5) is 5.95 Å². The Labute approximate surface area is 210 Å². The molecule has 8 nitrogen and oxygen atoms in total. The highest BCUT2D eigenvalue weighted by Crippen LogP contribution is 2.32. The molecule has 35 heavy (non-hydrogen) atoms. The van der Waals surface area contributed by atoms with Crippen LogP contribution in [0.1, 0.15) is 38.5 Å². The molecule has 9 heteroatoms.